The molecule has 0 radical (unpaired) electrons. The molecule has 1 aromatic heterocycles. The van der Waals surface area contributed by atoms with Gasteiger partial charge in [-0.1, -0.05) is 0 Å². The molecule has 84 valence electrons. The number of benzene rings is 1. The van der Waals surface area contributed by atoms with Crippen molar-refractivity contribution in [1.82, 2.24) is 0 Å². The maximum atomic E-state index is 11.5. The predicted octanol–water partition coefficient (Wildman–Crippen LogP) is 1.60. The van der Waals surface area contributed by atoms with Crippen LogP contribution in [0.15, 0.2) is 27.6 Å². The average Bonchev–Trinajstić information content (AvgIpc) is 2.29. The van der Waals surface area contributed by atoms with Gasteiger partial charge in [0.1, 0.15) is 12.0 Å². The van der Waals surface area contributed by atoms with Crippen molar-refractivity contribution in [3.63, 3.8) is 0 Å². The molecule has 0 bridgehead atoms. The van der Waals surface area contributed by atoms with Crippen LogP contribution in [0.2, 0.25) is 0 Å². The molecule has 0 spiro atoms. The Morgan fingerprint density at radius 2 is 2.12 bits per heavy atom. The van der Waals surface area contributed by atoms with E-state index in [1.165, 1.54) is 6.26 Å². The van der Waals surface area contributed by atoms with Crippen LogP contribution in [-0.2, 0) is 6.61 Å². The van der Waals surface area contributed by atoms with Crippen molar-refractivity contribution in [2.24, 2.45) is 0 Å². The molecule has 1 aromatic carbocycles. The van der Waals surface area contributed by atoms with Gasteiger partial charge in [0.15, 0.2) is 0 Å². The summed E-state index contributed by atoms with van der Waals surface area (Å²) >= 11 is 0. The molecule has 2 rings (SSSR count). The van der Waals surface area contributed by atoms with Crippen molar-refractivity contribution in [2.45, 2.75) is 13.5 Å². The maximum Gasteiger partial charge on any atom is 0.343 e. The predicted molar refractivity (Wildman–Crippen MR) is 59.7 cm³/mol. The Balaban J connectivity index is 2.88. The summed E-state index contributed by atoms with van der Waals surface area (Å²) in [6.07, 6.45) is 1.29. The van der Waals surface area contributed by atoms with Gasteiger partial charge in [-0.2, -0.15) is 0 Å². The van der Waals surface area contributed by atoms with Crippen LogP contribution >= 0.6 is 0 Å². The van der Waals surface area contributed by atoms with E-state index in [1.807, 2.05) is 13.0 Å². The third-order valence-corrected chi connectivity index (χ3v) is 2.58. The Morgan fingerprint density at radius 3 is 2.75 bits per heavy atom. The molecule has 0 aliphatic rings. The van der Waals surface area contributed by atoms with Crippen LogP contribution in [0.25, 0.3) is 10.8 Å². The number of aliphatic hydroxyl groups excluding tert-OH is 1. The van der Waals surface area contributed by atoms with Gasteiger partial charge in [0.25, 0.3) is 0 Å². The maximum absolute atomic E-state index is 11.5. The Kier molecular flexibility index (Phi) is 2.66. The fraction of sp³-hybridized carbons (Fsp3) is 0.250. The van der Waals surface area contributed by atoms with Gasteiger partial charge in [-0.05, 0) is 30.0 Å². The highest BCUT2D eigenvalue weighted by molar-refractivity contribution is 5.86. The molecule has 2 aromatic rings. The zero-order chi connectivity index (χ0) is 11.7. The summed E-state index contributed by atoms with van der Waals surface area (Å²) in [7, 11) is 1.55. The van der Waals surface area contributed by atoms with Crippen LogP contribution in [0.1, 0.15) is 11.1 Å². The van der Waals surface area contributed by atoms with E-state index in [4.69, 9.17) is 14.3 Å². The number of hydrogen-bond donors (Lipinski definition) is 1. The largest absolute Gasteiger partial charge is 0.496 e. The Morgan fingerprint density at radius 1 is 1.38 bits per heavy atom. The molecule has 0 aliphatic carbocycles. The molecule has 0 fully saturated rings. The standard InChI is InChI=1S/C12H12O4/c1-7-3-9-8(5-13)6-16-12(14)10(9)4-11(7)15-2/h3-4,6,13H,5H2,1-2H3. The minimum Gasteiger partial charge on any atom is -0.496 e. The smallest absolute Gasteiger partial charge is 0.343 e. The topological polar surface area (TPSA) is 59.7 Å². The number of ether oxygens (including phenoxy) is 1. The number of rotatable bonds is 2. The fourth-order valence-electron chi connectivity index (χ4n) is 1.72. The van der Waals surface area contributed by atoms with Gasteiger partial charge in [0, 0.05) is 5.56 Å². The lowest BCUT2D eigenvalue weighted by Crippen LogP contribution is -2.02. The Labute approximate surface area is 92.1 Å². The van der Waals surface area contributed by atoms with E-state index in [1.54, 1.807) is 13.2 Å². The summed E-state index contributed by atoms with van der Waals surface area (Å²) in [6.45, 7) is 1.72. The zero-order valence-corrected chi connectivity index (χ0v) is 9.11. The van der Waals surface area contributed by atoms with Gasteiger partial charge in [0.05, 0.1) is 19.1 Å². The van der Waals surface area contributed by atoms with Crippen LogP contribution < -0.4 is 10.4 Å². The first-order valence-electron chi connectivity index (χ1n) is 4.87. The summed E-state index contributed by atoms with van der Waals surface area (Å²) in [5, 5.41) is 10.3. The van der Waals surface area contributed by atoms with E-state index < -0.39 is 5.63 Å². The minimum absolute atomic E-state index is 0.161. The van der Waals surface area contributed by atoms with Crippen LogP contribution in [0, 0.1) is 6.92 Å². The highest BCUT2D eigenvalue weighted by Crippen LogP contribution is 2.25. The van der Waals surface area contributed by atoms with E-state index in [9.17, 15) is 4.79 Å². The van der Waals surface area contributed by atoms with Crippen LogP contribution in [0.4, 0.5) is 0 Å². The molecule has 4 nitrogen and oxygen atoms in total. The number of aliphatic hydroxyl groups is 1. The highest BCUT2D eigenvalue weighted by atomic mass is 16.5. The van der Waals surface area contributed by atoms with Crippen LogP contribution in [0.3, 0.4) is 0 Å². The van der Waals surface area contributed by atoms with E-state index in [-0.39, 0.29) is 6.61 Å². The molecule has 0 aliphatic heterocycles. The van der Waals surface area contributed by atoms with Crippen molar-refractivity contribution in [2.75, 3.05) is 7.11 Å². The summed E-state index contributed by atoms with van der Waals surface area (Å²) in [4.78, 5) is 11.5. The lowest BCUT2D eigenvalue weighted by molar-refractivity contribution is 0.279. The molecule has 0 saturated carbocycles. The molecule has 1 heterocycles. The second kappa shape index (κ2) is 3.98. The lowest BCUT2D eigenvalue weighted by atomic mass is 10.1. The SMILES string of the molecule is COc1cc2c(=O)occ(CO)c2cc1C. The quantitative estimate of drug-likeness (QED) is 0.835. The van der Waals surface area contributed by atoms with Gasteiger partial charge < -0.3 is 14.3 Å². The van der Waals surface area contributed by atoms with Crippen molar-refractivity contribution < 1.29 is 14.3 Å². The summed E-state index contributed by atoms with van der Waals surface area (Å²) in [5.74, 6) is 0.634. The monoisotopic (exact) mass is 220 g/mol. The van der Waals surface area contributed by atoms with Crippen molar-refractivity contribution >= 4 is 10.8 Å². The Hall–Kier alpha value is -1.81. The van der Waals surface area contributed by atoms with Gasteiger partial charge in [-0.25, -0.2) is 4.79 Å². The minimum atomic E-state index is -0.425. The van der Waals surface area contributed by atoms with Crippen LogP contribution in [0.5, 0.6) is 5.75 Å². The molecule has 4 heteroatoms. The van der Waals surface area contributed by atoms with Crippen molar-refractivity contribution in [3.8, 4) is 5.75 Å². The first-order chi connectivity index (χ1) is 7.67. The highest BCUT2D eigenvalue weighted by Gasteiger charge is 2.09. The number of fused-ring (bicyclic) bond motifs is 1. The third kappa shape index (κ3) is 1.57. The fourth-order valence-corrected chi connectivity index (χ4v) is 1.72. The summed E-state index contributed by atoms with van der Waals surface area (Å²) in [5.41, 5.74) is 1.08. The average molecular weight is 220 g/mol. The van der Waals surface area contributed by atoms with E-state index >= 15 is 0 Å². The Bertz CT molecular complexity index is 583. The van der Waals surface area contributed by atoms with Gasteiger partial charge in [0.2, 0.25) is 0 Å². The first kappa shape index (κ1) is 10.7. The van der Waals surface area contributed by atoms with Gasteiger partial charge in [-0.3, -0.25) is 0 Å². The second-order valence-corrected chi connectivity index (χ2v) is 3.57. The summed E-state index contributed by atoms with van der Waals surface area (Å²) in [6, 6.07) is 3.45. The van der Waals surface area contributed by atoms with Crippen molar-refractivity contribution in [1.29, 1.82) is 0 Å². The summed E-state index contributed by atoms with van der Waals surface area (Å²) < 4.78 is 9.97. The third-order valence-electron chi connectivity index (χ3n) is 2.58. The molecular weight excluding hydrogens is 208 g/mol. The number of methoxy groups -OCH3 is 1. The molecule has 0 unspecified atom stereocenters. The number of aryl methyl sites for hydroxylation is 1. The zero-order valence-electron chi connectivity index (χ0n) is 9.11. The molecule has 0 amide bonds. The first-order valence-corrected chi connectivity index (χ1v) is 4.87. The van der Waals surface area contributed by atoms with Gasteiger partial charge in [-0.15, -0.1) is 0 Å². The lowest BCUT2D eigenvalue weighted by Gasteiger charge is -2.07. The second-order valence-electron chi connectivity index (χ2n) is 3.57. The van der Waals surface area contributed by atoms with Crippen LogP contribution in [-0.4, -0.2) is 12.2 Å². The molecule has 0 atom stereocenters. The molecule has 0 saturated heterocycles. The van der Waals surface area contributed by atoms with E-state index in [2.05, 4.69) is 0 Å². The number of hydrogen-bond acceptors (Lipinski definition) is 4. The van der Waals surface area contributed by atoms with E-state index in [0.29, 0.717) is 22.1 Å². The van der Waals surface area contributed by atoms with Gasteiger partial charge >= 0.3 is 5.63 Å². The molecule has 16 heavy (non-hydrogen) atoms. The van der Waals surface area contributed by atoms with E-state index in [0.717, 1.165) is 5.56 Å². The molecule has 1 N–H and O–H groups in total. The molecular formula is C12H12O4. The van der Waals surface area contributed by atoms with Crippen molar-refractivity contribution in [3.05, 3.63) is 39.9 Å². The normalized spacial score (nSPS) is 10.7.